The third-order valence-electron chi connectivity index (χ3n) is 4.31. The minimum absolute atomic E-state index is 0.0208. The van der Waals surface area contributed by atoms with Crippen LogP contribution in [0.3, 0.4) is 0 Å². The van der Waals surface area contributed by atoms with E-state index in [-0.39, 0.29) is 11.9 Å². The second-order valence-corrected chi connectivity index (χ2v) is 6.02. The molecule has 1 saturated heterocycles. The highest BCUT2D eigenvalue weighted by Gasteiger charge is 2.46. The minimum Gasteiger partial charge on any atom is -0.317 e. The molecule has 0 atom stereocenters. The Morgan fingerprint density at radius 3 is 2.52 bits per heavy atom. The molecule has 2 aliphatic rings. The molecule has 0 aromatic heterocycles. The topological polar surface area (TPSA) is 32.3 Å². The third-order valence-corrected chi connectivity index (χ3v) is 4.31. The Morgan fingerprint density at radius 2 is 2.00 bits per heavy atom. The van der Waals surface area contributed by atoms with E-state index >= 15 is 0 Å². The summed E-state index contributed by atoms with van der Waals surface area (Å²) in [6.45, 7) is 12.7. The van der Waals surface area contributed by atoms with Crippen molar-refractivity contribution in [2.75, 3.05) is 13.1 Å². The molecule has 0 aromatic carbocycles. The number of nitrogens with zero attached hydrogens (tertiary/aromatic N) is 1. The molecule has 21 heavy (non-hydrogen) atoms. The second-order valence-electron chi connectivity index (χ2n) is 6.02. The van der Waals surface area contributed by atoms with Gasteiger partial charge in [0.2, 0.25) is 5.91 Å². The molecule has 0 bridgehead atoms. The lowest BCUT2D eigenvalue weighted by atomic mass is 9.85. The Hall–Kier alpha value is -1.68. The van der Waals surface area contributed by atoms with Crippen molar-refractivity contribution >= 4 is 5.91 Å². The van der Waals surface area contributed by atoms with Crippen molar-refractivity contribution in [2.24, 2.45) is 5.41 Å². The molecule has 4 heteroatoms. The molecule has 2 rings (SSSR count). The molecule has 0 spiro atoms. The zero-order chi connectivity index (χ0) is 15.6. The lowest BCUT2D eigenvalue weighted by Crippen LogP contribution is -2.45. The Balaban J connectivity index is 2.50. The Kier molecular flexibility index (Phi) is 4.47. The number of hydrogen-bond donors (Lipinski definition) is 1. The number of carbonyl (C=O) groups is 1. The number of allylic oxidation sites excluding steroid dienone is 4. The predicted molar refractivity (Wildman–Crippen MR) is 83.1 cm³/mol. The van der Waals surface area contributed by atoms with E-state index in [1.807, 2.05) is 13.8 Å². The van der Waals surface area contributed by atoms with Gasteiger partial charge in [-0.1, -0.05) is 19.2 Å². The highest BCUT2D eigenvalue weighted by molar-refractivity contribution is 5.92. The molecule has 2 heterocycles. The molecule has 3 nitrogen and oxygen atoms in total. The highest BCUT2D eigenvalue weighted by atomic mass is 19.1. The Morgan fingerprint density at radius 1 is 1.38 bits per heavy atom. The molecule has 0 aliphatic carbocycles. The monoisotopic (exact) mass is 290 g/mol. The van der Waals surface area contributed by atoms with E-state index in [1.54, 1.807) is 11.0 Å². The van der Waals surface area contributed by atoms with Crippen molar-refractivity contribution < 1.29 is 9.18 Å². The summed E-state index contributed by atoms with van der Waals surface area (Å²) >= 11 is 0. The lowest BCUT2D eigenvalue weighted by Gasteiger charge is -2.34. The van der Waals surface area contributed by atoms with Crippen molar-refractivity contribution in [3.05, 3.63) is 48.5 Å². The number of hydrogen-bond acceptors (Lipinski definition) is 2. The van der Waals surface area contributed by atoms with E-state index in [0.717, 1.165) is 37.6 Å². The average Bonchev–Trinajstić information content (AvgIpc) is 2.66. The van der Waals surface area contributed by atoms with Crippen LogP contribution in [-0.4, -0.2) is 29.9 Å². The first-order valence-electron chi connectivity index (χ1n) is 7.34. The van der Waals surface area contributed by atoms with Crippen molar-refractivity contribution in [1.29, 1.82) is 0 Å². The van der Waals surface area contributed by atoms with Crippen LogP contribution < -0.4 is 5.32 Å². The highest BCUT2D eigenvalue weighted by Crippen LogP contribution is 2.43. The number of halogens is 1. The van der Waals surface area contributed by atoms with Crippen molar-refractivity contribution in [2.45, 2.75) is 32.7 Å². The van der Waals surface area contributed by atoms with E-state index in [4.69, 9.17) is 0 Å². The summed E-state index contributed by atoms with van der Waals surface area (Å²) < 4.78 is 13.7. The maximum atomic E-state index is 13.7. The van der Waals surface area contributed by atoms with E-state index < -0.39 is 11.2 Å². The SMILES string of the molecule is C=CC1=C(/C=C(/F)C=C)N(C2CCNCC2)C(=O)C1(C)C. The zero-order valence-electron chi connectivity index (χ0n) is 12.8. The number of piperidine rings is 1. The maximum absolute atomic E-state index is 13.7. The quantitative estimate of drug-likeness (QED) is 0.807. The van der Waals surface area contributed by atoms with E-state index in [1.165, 1.54) is 6.08 Å². The molecule has 1 amide bonds. The molecule has 1 fully saturated rings. The second kappa shape index (κ2) is 5.98. The van der Waals surface area contributed by atoms with Crippen LogP contribution in [0.25, 0.3) is 0 Å². The van der Waals surface area contributed by atoms with Crippen LogP contribution in [0, 0.1) is 5.41 Å². The van der Waals surface area contributed by atoms with Gasteiger partial charge in [0.05, 0.1) is 11.1 Å². The summed E-state index contributed by atoms with van der Waals surface area (Å²) in [4.78, 5) is 14.6. The van der Waals surface area contributed by atoms with Gasteiger partial charge in [0.25, 0.3) is 0 Å². The Labute approximate surface area is 125 Å². The number of rotatable bonds is 4. The third kappa shape index (κ3) is 2.72. The van der Waals surface area contributed by atoms with Gasteiger partial charge in [0.1, 0.15) is 5.83 Å². The van der Waals surface area contributed by atoms with Crippen LogP contribution in [0.5, 0.6) is 0 Å². The number of carbonyl (C=O) groups excluding carboxylic acids is 1. The van der Waals surface area contributed by atoms with Gasteiger partial charge in [-0.3, -0.25) is 4.79 Å². The van der Waals surface area contributed by atoms with Gasteiger partial charge in [-0.05, 0) is 57.5 Å². The summed E-state index contributed by atoms with van der Waals surface area (Å²) in [6.07, 6.45) is 5.97. The van der Waals surface area contributed by atoms with Gasteiger partial charge in [-0.2, -0.15) is 0 Å². The normalized spacial score (nSPS) is 23.7. The lowest BCUT2D eigenvalue weighted by molar-refractivity contribution is -0.136. The van der Waals surface area contributed by atoms with E-state index in [9.17, 15) is 9.18 Å². The van der Waals surface area contributed by atoms with Crippen molar-refractivity contribution in [1.82, 2.24) is 10.2 Å². The van der Waals surface area contributed by atoms with Gasteiger partial charge in [0.15, 0.2) is 0 Å². The first-order chi connectivity index (χ1) is 9.93. The van der Waals surface area contributed by atoms with Crippen LogP contribution >= 0.6 is 0 Å². The van der Waals surface area contributed by atoms with Crippen LogP contribution in [0.4, 0.5) is 4.39 Å². The average molecular weight is 290 g/mol. The van der Waals surface area contributed by atoms with Gasteiger partial charge < -0.3 is 10.2 Å². The van der Waals surface area contributed by atoms with Gasteiger partial charge in [-0.25, -0.2) is 4.39 Å². The molecule has 0 radical (unpaired) electrons. The number of amides is 1. The number of nitrogens with one attached hydrogen (secondary N) is 1. The fourth-order valence-electron chi connectivity index (χ4n) is 3.10. The standard InChI is InChI=1S/C17H23FN2O/c1-5-12(18)11-15-14(6-2)17(3,4)16(21)20(15)13-7-9-19-10-8-13/h5-6,11,13,19H,1-2,7-10H2,3-4H3/b12-11+. The fourth-order valence-corrected chi connectivity index (χ4v) is 3.10. The van der Waals surface area contributed by atoms with Gasteiger partial charge >= 0.3 is 0 Å². The largest absolute Gasteiger partial charge is 0.317 e. The minimum atomic E-state index is -0.667. The summed E-state index contributed by atoms with van der Waals surface area (Å²) in [6, 6.07) is 0.111. The molecular formula is C17H23FN2O. The van der Waals surface area contributed by atoms with E-state index in [2.05, 4.69) is 18.5 Å². The summed E-state index contributed by atoms with van der Waals surface area (Å²) in [5.41, 5.74) is 0.743. The summed E-state index contributed by atoms with van der Waals surface area (Å²) in [5.74, 6) is -0.416. The smallest absolute Gasteiger partial charge is 0.237 e. The molecule has 2 aliphatic heterocycles. The first-order valence-corrected chi connectivity index (χ1v) is 7.34. The van der Waals surface area contributed by atoms with Crippen molar-refractivity contribution in [3.8, 4) is 0 Å². The molecular weight excluding hydrogens is 267 g/mol. The molecule has 114 valence electrons. The van der Waals surface area contributed by atoms with Crippen molar-refractivity contribution in [3.63, 3.8) is 0 Å². The van der Waals surface area contributed by atoms with E-state index in [0.29, 0.717) is 5.70 Å². The fraction of sp³-hybridized carbons (Fsp3) is 0.471. The molecule has 1 N–H and O–H groups in total. The summed E-state index contributed by atoms with van der Waals surface area (Å²) in [7, 11) is 0. The molecule has 0 saturated carbocycles. The van der Waals surface area contributed by atoms with Crippen LogP contribution in [0.2, 0.25) is 0 Å². The Bertz CT molecular complexity index is 525. The molecule has 0 unspecified atom stereocenters. The van der Waals surface area contributed by atoms with Gasteiger partial charge in [0, 0.05) is 6.04 Å². The van der Waals surface area contributed by atoms with Crippen LogP contribution in [0.15, 0.2) is 48.5 Å². The van der Waals surface area contributed by atoms with Crippen LogP contribution in [0.1, 0.15) is 26.7 Å². The predicted octanol–water partition coefficient (Wildman–Crippen LogP) is 3.09. The molecule has 0 aromatic rings. The first kappa shape index (κ1) is 15.7. The maximum Gasteiger partial charge on any atom is 0.237 e. The van der Waals surface area contributed by atoms with Gasteiger partial charge in [-0.15, -0.1) is 0 Å². The zero-order valence-corrected chi connectivity index (χ0v) is 12.8. The summed E-state index contributed by atoms with van der Waals surface area (Å²) in [5, 5.41) is 3.29. The van der Waals surface area contributed by atoms with Crippen LogP contribution in [-0.2, 0) is 4.79 Å².